The second kappa shape index (κ2) is 11.6. The highest BCUT2D eigenvalue weighted by Gasteiger charge is 2.25. The summed E-state index contributed by atoms with van der Waals surface area (Å²) in [5.41, 5.74) is 0. The fraction of sp³-hybridized carbons (Fsp3) is 0.750. The lowest BCUT2D eigenvalue weighted by Crippen LogP contribution is -2.43. The second-order valence-electron chi connectivity index (χ2n) is 5.22. The van der Waals surface area contributed by atoms with Crippen LogP contribution in [0.4, 0.5) is 0 Å². The van der Waals surface area contributed by atoms with E-state index in [4.69, 9.17) is 0 Å². The van der Waals surface area contributed by atoms with E-state index in [1.807, 2.05) is 6.92 Å². The van der Waals surface area contributed by atoms with Gasteiger partial charge < -0.3 is 14.8 Å². The first-order chi connectivity index (χ1) is 10.9. The summed E-state index contributed by atoms with van der Waals surface area (Å²) in [6, 6.07) is -0.709. The number of amides is 1. The van der Waals surface area contributed by atoms with Crippen molar-refractivity contribution in [3.63, 3.8) is 0 Å². The van der Waals surface area contributed by atoms with Crippen LogP contribution < -0.4 is 5.32 Å². The van der Waals surface area contributed by atoms with Crippen molar-refractivity contribution in [3.8, 4) is 0 Å². The Morgan fingerprint density at radius 2 is 1.43 bits per heavy atom. The van der Waals surface area contributed by atoms with E-state index in [0.29, 0.717) is 12.8 Å². The molecule has 0 aromatic rings. The van der Waals surface area contributed by atoms with Crippen molar-refractivity contribution in [1.82, 2.24) is 5.32 Å². The number of ketones is 1. The molecule has 132 valence electrons. The molecule has 0 radical (unpaired) electrons. The van der Waals surface area contributed by atoms with E-state index in [-0.39, 0.29) is 49.3 Å². The summed E-state index contributed by atoms with van der Waals surface area (Å²) in [5.74, 6) is -1.59. The van der Waals surface area contributed by atoms with Gasteiger partial charge in [0.2, 0.25) is 5.91 Å². The molecule has 1 N–H and O–H groups in total. The molecule has 0 bridgehead atoms. The number of carbonyl (C=O) groups excluding carboxylic acids is 4. The normalized spacial score (nSPS) is 12.9. The van der Waals surface area contributed by atoms with Gasteiger partial charge in [0.15, 0.2) is 5.78 Å². The van der Waals surface area contributed by atoms with Crippen LogP contribution in [0.3, 0.4) is 0 Å². The van der Waals surface area contributed by atoms with Gasteiger partial charge >= 0.3 is 11.9 Å². The number of methoxy groups -OCH3 is 2. The standard InChI is InChI=1S/C16H27NO6/c1-5-11(7-9-14(19)22-3)16(21)17-12(13(18)6-2)8-10-15(20)23-4/h11-12H,5-10H2,1-4H3,(H,17,21). The van der Waals surface area contributed by atoms with Gasteiger partial charge in [0.25, 0.3) is 0 Å². The van der Waals surface area contributed by atoms with E-state index >= 15 is 0 Å². The molecular weight excluding hydrogens is 302 g/mol. The number of ether oxygens (including phenoxy) is 2. The van der Waals surface area contributed by atoms with Crippen molar-refractivity contribution in [3.05, 3.63) is 0 Å². The zero-order valence-corrected chi connectivity index (χ0v) is 14.3. The van der Waals surface area contributed by atoms with Crippen LogP contribution in [-0.2, 0) is 28.7 Å². The van der Waals surface area contributed by atoms with Gasteiger partial charge in [0.05, 0.1) is 20.3 Å². The third-order valence-corrected chi connectivity index (χ3v) is 3.71. The van der Waals surface area contributed by atoms with Crippen LogP contribution in [0.2, 0.25) is 0 Å². The molecule has 0 saturated carbocycles. The fourth-order valence-corrected chi connectivity index (χ4v) is 2.13. The molecule has 1 amide bonds. The molecule has 0 saturated heterocycles. The van der Waals surface area contributed by atoms with Crippen LogP contribution in [0.25, 0.3) is 0 Å². The van der Waals surface area contributed by atoms with E-state index in [9.17, 15) is 19.2 Å². The summed E-state index contributed by atoms with van der Waals surface area (Å²) in [6.07, 6.45) is 1.60. The minimum absolute atomic E-state index is 0.0616. The fourth-order valence-electron chi connectivity index (χ4n) is 2.13. The number of Topliss-reactive ketones (excluding diaryl/α,β-unsaturated/α-hetero) is 1. The lowest BCUT2D eigenvalue weighted by molar-refractivity contribution is -0.142. The minimum Gasteiger partial charge on any atom is -0.469 e. The number of nitrogens with one attached hydrogen (secondary N) is 1. The Labute approximate surface area is 137 Å². The maximum atomic E-state index is 12.3. The summed E-state index contributed by atoms with van der Waals surface area (Å²) in [6.45, 7) is 3.54. The molecule has 0 aliphatic heterocycles. The molecule has 0 aliphatic rings. The number of esters is 2. The third-order valence-electron chi connectivity index (χ3n) is 3.71. The summed E-state index contributed by atoms with van der Waals surface area (Å²) >= 11 is 0. The zero-order valence-electron chi connectivity index (χ0n) is 14.3. The average Bonchev–Trinajstić information content (AvgIpc) is 2.57. The predicted octanol–water partition coefficient (Wildman–Crippen LogP) is 1.38. The van der Waals surface area contributed by atoms with Crippen LogP contribution in [0.15, 0.2) is 0 Å². The lowest BCUT2D eigenvalue weighted by Gasteiger charge is -2.20. The van der Waals surface area contributed by atoms with Gasteiger partial charge in [-0.1, -0.05) is 13.8 Å². The van der Waals surface area contributed by atoms with Crippen molar-refractivity contribution >= 4 is 23.6 Å². The quantitative estimate of drug-likeness (QED) is 0.575. The van der Waals surface area contributed by atoms with Crippen LogP contribution in [0, 0.1) is 5.92 Å². The third kappa shape index (κ3) is 8.32. The van der Waals surface area contributed by atoms with Crippen molar-refractivity contribution in [2.45, 2.75) is 58.4 Å². The minimum atomic E-state index is -0.709. The average molecular weight is 329 g/mol. The molecule has 0 heterocycles. The molecule has 0 spiro atoms. The smallest absolute Gasteiger partial charge is 0.305 e. The molecule has 23 heavy (non-hydrogen) atoms. The Morgan fingerprint density at radius 1 is 0.913 bits per heavy atom. The molecule has 0 rings (SSSR count). The topological polar surface area (TPSA) is 98.8 Å². The van der Waals surface area contributed by atoms with E-state index < -0.39 is 12.0 Å². The number of hydrogen-bond donors (Lipinski definition) is 1. The highest BCUT2D eigenvalue weighted by molar-refractivity contribution is 5.90. The number of rotatable bonds is 11. The summed E-state index contributed by atoms with van der Waals surface area (Å²) in [4.78, 5) is 46.6. The van der Waals surface area contributed by atoms with Crippen LogP contribution >= 0.6 is 0 Å². The van der Waals surface area contributed by atoms with Gasteiger partial charge in [0, 0.05) is 25.2 Å². The van der Waals surface area contributed by atoms with Crippen molar-refractivity contribution < 1.29 is 28.7 Å². The Kier molecular flexibility index (Phi) is 10.7. The number of hydrogen-bond acceptors (Lipinski definition) is 6. The molecule has 0 aromatic heterocycles. The van der Waals surface area contributed by atoms with Crippen molar-refractivity contribution in [1.29, 1.82) is 0 Å². The number of carbonyl (C=O) groups is 4. The summed E-state index contributed by atoms with van der Waals surface area (Å²) in [5, 5.41) is 2.69. The van der Waals surface area contributed by atoms with E-state index in [1.165, 1.54) is 14.2 Å². The zero-order chi connectivity index (χ0) is 17.8. The molecule has 7 heteroatoms. The van der Waals surface area contributed by atoms with E-state index in [0.717, 1.165) is 0 Å². The van der Waals surface area contributed by atoms with Gasteiger partial charge in [-0.2, -0.15) is 0 Å². The highest BCUT2D eigenvalue weighted by atomic mass is 16.5. The molecule has 0 aromatic carbocycles. The maximum Gasteiger partial charge on any atom is 0.305 e. The molecule has 2 atom stereocenters. The highest BCUT2D eigenvalue weighted by Crippen LogP contribution is 2.13. The maximum absolute atomic E-state index is 12.3. The van der Waals surface area contributed by atoms with Crippen molar-refractivity contribution in [2.75, 3.05) is 14.2 Å². The largest absolute Gasteiger partial charge is 0.469 e. The molecule has 7 nitrogen and oxygen atoms in total. The van der Waals surface area contributed by atoms with Crippen LogP contribution in [0.1, 0.15) is 52.4 Å². The SMILES string of the molecule is CCC(=O)C(CCC(=O)OC)NC(=O)C(CC)CCC(=O)OC. The van der Waals surface area contributed by atoms with E-state index in [1.54, 1.807) is 6.92 Å². The Bertz CT molecular complexity index is 421. The van der Waals surface area contributed by atoms with Gasteiger partial charge in [0.1, 0.15) is 0 Å². The van der Waals surface area contributed by atoms with Gasteiger partial charge in [-0.25, -0.2) is 0 Å². The first-order valence-electron chi connectivity index (χ1n) is 7.86. The van der Waals surface area contributed by atoms with Gasteiger partial charge in [-0.3, -0.25) is 19.2 Å². The monoisotopic (exact) mass is 329 g/mol. The Morgan fingerprint density at radius 3 is 1.87 bits per heavy atom. The summed E-state index contributed by atoms with van der Waals surface area (Å²) < 4.78 is 9.11. The first kappa shape index (κ1) is 21.1. The molecule has 2 unspecified atom stereocenters. The van der Waals surface area contributed by atoms with Crippen LogP contribution in [0.5, 0.6) is 0 Å². The van der Waals surface area contributed by atoms with Crippen molar-refractivity contribution in [2.24, 2.45) is 5.92 Å². The molecule has 0 fully saturated rings. The van der Waals surface area contributed by atoms with Crippen LogP contribution in [-0.4, -0.2) is 43.9 Å². The van der Waals surface area contributed by atoms with E-state index in [2.05, 4.69) is 14.8 Å². The molecule has 0 aliphatic carbocycles. The van der Waals surface area contributed by atoms with Gasteiger partial charge in [-0.05, 0) is 19.3 Å². The first-order valence-corrected chi connectivity index (χ1v) is 7.86. The Hall–Kier alpha value is -1.92. The molecular formula is C16H27NO6. The summed E-state index contributed by atoms with van der Waals surface area (Å²) in [7, 11) is 2.57. The second-order valence-corrected chi connectivity index (χ2v) is 5.22. The lowest BCUT2D eigenvalue weighted by atomic mass is 9.97. The predicted molar refractivity (Wildman–Crippen MR) is 83.5 cm³/mol. The van der Waals surface area contributed by atoms with Gasteiger partial charge in [-0.15, -0.1) is 0 Å². The Balaban J connectivity index is 4.67.